The number of aromatic nitrogens is 2. The van der Waals surface area contributed by atoms with Gasteiger partial charge in [0.1, 0.15) is 0 Å². The first kappa shape index (κ1) is 18.0. The standard InChI is InChI=1S/C20H30BN3O2/c1-14-9-17(13-23(6)11-14)24-12-15-7-8-16(10-18(15)22-24)21-25-19(2,3)20(4,5)26-21/h7-8,10,12,14,17H,9,11,13H2,1-6H3/t14-,17?/m1/s1. The maximum absolute atomic E-state index is 6.19. The summed E-state index contributed by atoms with van der Waals surface area (Å²) in [6.07, 6.45) is 3.36. The summed E-state index contributed by atoms with van der Waals surface area (Å²) < 4.78 is 14.5. The molecule has 0 spiro atoms. The number of nitrogens with zero attached hydrogens (tertiary/aromatic N) is 3. The van der Waals surface area contributed by atoms with Crippen molar-refractivity contribution in [2.45, 2.75) is 58.3 Å². The van der Waals surface area contributed by atoms with Crippen molar-refractivity contribution in [1.82, 2.24) is 14.7 Å². The molecule has 140 valence electrons. The van der Waals surface area contributed by atoms with Crippen LogP contribution in [0, 0.1) is 5.92 Å². The van der Waals surface area contributed by atoms with E-state index in [2.05, 4.69) is 75.6 Å². The summed E-state index contributed by atoms with van der Waals surface area (Å²) in [4.78, 5) is 2.40. The number of likely N-dealkylation sites (tertiary alicyclic amines) is 1. The first-order valence-corrected chi connectivity index (χ1v) is 9.68. The van der Waals surface area contributed by atoms with Gasteiger partial charge in [0.15, 0.2) is 0 Å². The van der Waals surface area contributed by atoms with Gasteiger partial charge in [0.2, 0.25) is 0 Å². The summed E-state index contributed by atoms with van der Waals surface area (Å²) in [5.41, 5.74) is 1.40. The Bertz CT molecular complexity index is 790. The number of likely N-dealkylation sites (N-methyl/N-ethyl adjacent to an activating group) is 1. The molecule has 0 amide bonds. The molecule has 0 bridgehead atoms. The Balaban J connectivity index is 1.61. The molecule has 1 aromatic heterocycles. The molecular weight excluding hydrogens is 325 g/mol. The summed E-state index contributed by atoms with van der Waals surface area (Å²) in [5, 5.41) is 6.06. The molecule has 5 nitrogen and oxygen atoms in total. The van der Waals surface area contributed by atoms with E-state index in [-0.39, 0.29) is 18.3 Å². The first-order valence-electron chi connectivity index (χ1n) is 9.68. The SMILES string of the molecule is C[C@@H]1CC(n2cc3ccc(B4OC(C)(C)C(C)(C)O4)cc3n2)CN(C)C1. The van der Waals surface area contributed by atoms with Crippen LogP contribution in [0.15, 0.2) is 24.4 Å². The Morgan fingerprint density at radius 1 is 1.12 bits per heavy atom. The van der Waals surface area contributed by atoms with Crippen molar-refractivity contribution < 1.29 is 9.31 Å². The molecule has 1 unspecified atom stereocenters. The first-order chi connectivity index (χ1) is 12.1. The van der Waals surface area contributed by atoms with Gasteiger partial charge in [-0.15, -0.1) is 0 Å². The molecule has 2 saturated heterocycles. The van der Waals surface area contributed by atoms with Crippen LogP contribution >= 0.6 is 0 Å². The molecule has 0 radical (unpaired) electrons. The lowest BCUT2D eigenvalue weighted by Gasteiger charge is -2.34. The average molecular weight is 355 g/mol. The van der Waals surface area contributed by atoms with Crippen LogP contribution in [0.25, 0.3) is 10.9 Å². The van der Waals surface area contributed by atoms with E-state index in [0.29, 0.717) is 12.0 Å². The Hall–Kier alpha value is -1.37. The summed E-state index contributed by atoms with van der Waals surface area (Å²) in [6, 6.07) is 6.79. The quantitative estimate of drug-likeness (QED) is 0.777. The van der Waals surface area contributed by atoms with Crippen LogP contribution in [0.1, 0.15) is 47.1 Å². The second-order valence-electron chi connectivity index (χ2n) is 9.23. The van der Waals surface area contributed by atoms with Crippen LogP contribution in [0.3, 0.4) is 0 Å². The van der Waals surface area contributed by atoms with Gasteiger partial charge in [0.25, 0.3) is 0 Å². The van der Waals surface area contributed by atoms with Gasteiger partial charge in [0, 0.05) is 24.7 Å². The fourth-order valence-electron chi connectivity index (χ4n) is 4.14. The molecule has 0 saturated carbocycles. The molecule has 1 aromatic carbocycles. The Morgan fingerprint density at radius 2 is 1.81 bits per heavy atom. The highest BCUT2D eigenvalue weighted by Gasteiger charge is 2.51. The van der Waals surface area contributed by atoms with Crippen molar-refractivity contribution in [2.24, 2.45) is 5.92 Å². The zero-order chi connectivity index (χ0) is 18.7. The van der Waals surface area contributed by atoms with E-state index >= 15 is 0 Å². The monoisotopic (exact) mass is 355 g/mol. The molecule has 2 aliphatic rings. The van der Waals surface area contributed by atoms with Gasteiger partial charge in [-0.3, -0.25) is 4.68 Å². The van der Waals surface area contributed by atoms with Crippen LogP contribution in [-0.4, -0.2) is 53.1 Å². The van der Waals surface area contributed by atoms with E-state index in [9.17, 15) is 0 Å². The second-order valence-corrected chi connectivity index (χ2v) is 9.23. The minimum Gasteiger partial charge on any atom is -0.399 e. The van der Waals surface area contributed by atoms with Crippen molar-refractivity contribution >= 4 is 23.5 Å². The van der Waals surface area contributed by atoms with E-state index in [1.54, 1.807) is 0 Å². The van der Waals surface area contributed by atoms with Gasteiger partial charge < -0.3 is 14.2 Å². The third-order valence-electron chi connectivity index (χ3n) is 6.27. The number of hydrogen-bond donors (Lipinski definition) is 0. The summed E-state index contributed by atoms with van der Waals surface area (Å²) >= 11 is 0. The maximum Gasteiger partial charge on any atom is 0.494 e. The number of hydrogen-bond acceptors (Lipinski definition) is 4. The van der Waals surface area contributed by atoms with E-state index in [0.717, 1.165) is 17.5 Å². The van der Waals surface area contributed by atoms with Crippen LogP contribution in [0.4, 0.5) is 0 Å². The predicted octanol–water partition coefficient (Wildman–Crippen LogP) is 2.85. The second kappa shape index (κ2) is 6.08. The minimum absolute atomic E-state index is 0.325. The summed E-state index contributed by atoms with van der Waals surface area (Å²) in [5.74, 6) is 0.700. The number of rotatable bonds is 2. The topological polar surface area (TPSA) is 39.5 Å². The maximum atomic E-state index is 6.19. The molecule has 26 heavy (non-hydrogen) atoms. The Morgan fingerprint density at radius 3 is 2.46 bits per heavy atom. The molecular formula is C20H30BN3O2. The summed E-state index contributed by atoms with van der Waals surface area (Å²) in [7, 11) is 1.86. The van der Waals surface area contributed by atoms with Gasteiger partial charge >= 0.3 is 7.12 Å². The van der Waals surface area contributed by atoms with Crippen LogP contribution in [-0.2, 0) is 9.31 Å². The molecule has 6 heteroatoms. The highest BCUT2D eigenvalue weighted by molar-refractivity contribution is 6.62. The van der Waals surface area contributed by atoms with Crippen molar-refractivity contribution in [3.8, 4) is 0 Å². The van der Waals surface area contributed by atoms with Gasteiger partial charge in [0.05, 0.1) is 22.8 Å². The fourth-order valence-corrected chi connectivity index (χ4v) is 4.14. The fraction of sp³-hybridized carbons (Fsp3) is 0.650. The van der Waals surface area contributed by atoms with Crippen molar-refractivity contribution in [3.05, 3.63) is 24.4 Å². The van der Waals surface area contributed by atoms with Crippen LogP contribution in [0.2, 0.25) is 0 Å². The van der Waals surface area contributed by atoms with Gasteiger partial charge in [-0.05, 0) is 58.6 Å². The zero-order valence-corrected chi connectivity index (χ0v) is 16.8. The number of benzene rings is 1. The summed E-state index contributed by atoms with van der Waals surface area (Å²) in [6.45, 7) is 12.9. The van der Waals surface area contributed by atoms with Crippen molar-refractivity contribution in [1.29, 1.82) is 0 Å². The third kappa shape index (κ3) is 3.08. The van der Waals surface area contributed by atoms with Gasteiger partial charge in [-0.2, -0.15) is 5.10 Å². The lowest BCUT2D eigenvalue weighted by Crippen LogP contribution is -2.41. The number of fused-ring (bicyclic) bond motifs is 1. The number of piperidine rings is 1. The third-order valence-corrected chi connectivity index (χ3v) is 6.27. The normalized spacial score (nSPS) is 28.8. The molecule has 3 heterocycles. The van der Waals surface area contributed by atoms with Gasteiger partial charge in [-0.1, -0.05) is 19.1 Å². The predicted molar refractivity (Wildman–Crippen MR) is 106 cm³/mol. The highest BCUT2D eigenvalue weighted by atomic mass is 16.7. The Kier molecular flexibility index (Phi) is 4.21. The highest BCUT2D eigenvalue weighted by Crippen LogP contribution is 2.36. The molecule has 0 N–H and O–H groups in total. The Labute approximate surface area is 156 Å². The molecule has 0 aliphatic carbocycles. The van der Waals surface area contributed by atoms with E-state index in [1.807, 2.05) is 0 Å². The van der Waals surface area contributed by atoms with Gasteiger partial charge in [-0.25, -0.2) is 0 Å². The van der Waals surface area contributed by atoms with Crippen LogP contribution < -0.4 is 5.46 Å². The smallest absolute Gasteiger partial charge is 0.399 e. The van der Waals surface area contributed by atoms with E-state index in [4.69, 9.17) is 14.4 Å². The molecule has 2 atom stereocenters. The van der Waals surface area contributed by atoms with Crippen molar-refractivity contribution in [3.63, 3.8) is 0 Å². The molecule has 2 aromatic rings. The van der Waals surface area contributed by atoms with Crippen LogP contribution in [0.5, 0.6) is 0 Å². The minimum atomic E-state index is -0.338. The molecule has 4 rings (SSSR count). The molecule has 2 fully saturated rings. The lowest BCUT2D eigenvalue weighted by atomic mass is 9.79. The largest absolute Gasteiger partial charge is 0.494 e. The molecule has 2 aliphatic heterocycles. The lowest BCUT2D eigenvalue weighted by molar-refractivity contribution is 0.00578. The average Bonchev–Trinajstić information content (AvgIpc) is 3.04. The van der Waals surface area contributed by atoms with Crippen molar-refractivity contribution in [2.75, 3.05) is 20.1 Å². The van der Waals surface area contributed by atoms with E-state index in [1.165, 1.54) is 18.4 Å². The zero-order valence-electron chi connectivity index (χ0n) is 16.8. The van der Waals surface area contributed by atoms with E-state index < -0.39 is 0 Å².